The predicted octanol–water partition coefficient (Wildman–Crippen LogP) is 2.83. The topological polar surface area (TPSA) is 53.9 Å². The van der Waals surface area contributed by atoms with Crippen LogP contribution in [0.3, 0.4) is 0 Å². The minimum absolute atomic E-state index is 0.728. The Labute approximate surface area is 143 Å². The van der Waals surface area contributed by atoms with Crippen LogP contribution < -0.4 is 5.32 Å². The van der Waals surface area contributed by atoms with E-state index in [0.717, 1.165) is 36.8 Å². The van der Waals surface area contributed by atoms with Gasteiger partial charge in [-0.25, -0.2) is 9.97 Å². The van der Waals surface area contributed by atoms with Gasteiger partial charge in [0, 0.05) is 51.0 Å². The van der Waals surface area contributed by atoms with E-state index in [4.69, 9.17) is 0 Å². The fourth-order valence-electron chi connectivity index (χ4n) is 4.43. The second-order valence-electron chi connectivity index (χ2n) is 7.12. The molecule has 0 spiro atoms. The average molecular weight is 323 g/mol. The van der Waals surface area contributed by atoms with Crippen LogP contribution >= 0.6 is 0 Å². The lowest BCUT2D eigenvalue weighted by molar-refractivity contribution is 0.207. The summed E-state index contributed by atoms with van der Waals surface area (Å²) in [5.74, 6) is 3.13. The number of hydrogen-bond donors (Lipinski definition) is 1. The van der Waals surface area contributed by atoms with Crippen molar-refractivity contribution < 1.29 is 0 Å². The van der Waals surface area contributed by atoms with Gasteiger partial charge in [-0.05, 0) is 48.3 Å². The number of nitrogens with one attached hydrogen (secondary N) is 1. The van der Waals surface area contributed by atoms with Crippen molar-refractivity contribution in [2.45, 2.75) is 25.8 Å². The summed E-state index contributed by atoms with van der Waals surface area (Å²) in [6.45, 7) is 4.47. The van der Waals surface area contributed by atoms with Crippen LogP contribution in [0.25, 0.3) is 0 Å². The molecular weight excluding hydrogens is 298 g/mol. The minimum Gasteiger partial charge on any atom is -0.354 e. The molecule has 0 unspecified atom stereocenters. The molecule has 24 heavy (non-hydrogen) atoms. The van der Waals surface area contributed by atoms with Gasteiger partial charge in [-0.15, -0.1) is 0 Å². The van der Waals surface area contributed by atoms with E-state index in [1.54, 1.807) is 12.4 Å². The summed E-state index contributed by atoms with van der Waals surface area (Å²) < 4.78 is 0. The average Bonchev–Trinajstić information content (AvgIpc) is 3.04. The Morgan fingerprint density at radius 1 is 1.08 bits per heavy atom. The molecule has 1 aliphatic carbocycles. The Kier molecular flexibility index (Phi) is 4.69. The van der Waals surface area contributed by atoms with E-state index in [1.165, 1.54) is 37.9 Å². The molecule has 5 nitrogen and oxygen atoms in total. The van der Waals surface area contributed by atoms with Gasteiger partial charge in [-0.2, -0.15) is 0 Å². The summed E-state index contributed by atoms with van der Waals surface area (Å²) >= 11 is 0. The molecule has 0 bridgehead atoms. The van der Waals surface area contributed by atoms with Crippen LogP contribution in [0.5, 0.6) is 0 Å². The van der Waals surface area contributed by atoms with Crippen LogP contribution in [0.15, 0.2) is 43.0 Å². The Bertz CT molecular complexity index is 633. The van der Waals surface area contributed by atoms with Gasteiger partial charge in [0.15, 0.2) is 0 Å². The first kappa shape index (κ1) is 15.5. The molecule has 4 rings (SSSR count). The van der Waals surface area contributed by atoms with Gasteiger partial charge in [0.05, 0.1) is 0 Å². The molecule has 2 aromatic heterocycles. The van der Waals surface area contributed by atoms with Crippen LogP contribution in [-0.4, -0.2) is 39.5 Å². The number of hydrogen-bond acceptors (Lipinski definition) is 5. The molecule has 0 radical (unpaired) electrons. The van der Waals surface area contributed by atoms with Crippen molar-refractivity contribution in [3.05, 3.63) is 48.5 Å². The molecule has 1 saturated heterocycles. The van der Waals surface area contributed by atoms with Crippen molar-refractivity contribution in [3.8, 4) is 0 Å². The van der Waals surface area contributed by atoms with E-state index in [1.807, 2.05) is 24.5 Å². The van der Waals surface area contributed by atoms with Crippen molar-refractivity contribution in [1.82, 2.24) is 19.9 Å². The van der Waals surface area contributed by atoms with E-state index in [-0.39, 0.29) is 0 Å². The number of rotatable bonds is 5. The highest BCUT2D eigenvalue weighted by Crippen LogP contribution is 2.40. The van der Waals surface area contributed by atoms with E-state index >= 15 is 0 Å². The van der Waals surface area contributed by atoms with E-state index in [0.29, 0.717) is 0 Å². The third-order valence-corrected chi connectivity index (χ3v) is 5.54. The first-order valence-electron chi connectivity index (χ1n) is 9.00. The first-order chi connectivity index (χ1) is 11.9. The van der Waals surface area contributed by atoms with Gasteiger partial charge in [0.2, 0.25) is 5.95 Å². The zero-order valence-electron chi connectivity index (χ0n) is 14.0. The highest BCUT2D eigenvalue weighted by Gasteiger charge is 2.39. The summed E-state index contributed by atoms with van der Waals surface area (Å²) in [5, 5.41) is 3.44. The maximum Gasteiger partial charge on any atom is 0.222 e. The number of fused-ring (bicyclic) bond motifs is 1. The summed E-state index contributed by atoms with van der Waals surface area (Å²) in [7, 11) is 0. The quantitative estimate of drug-likeness (QED) is 0.917. The Balaban J connectivity index is 1.36. The highest BCUT2D eigenvalue weighted by molar-refractivity contribution is 5.22. The number of anilines is 1. The van der Waals surface area contributed by atoms with Gasteiger partial charge >= 0.3 is 0 Å². The second-order valence-corrected chi connectivity index (χ2v) is 7.12. The number of likely N-dealkylation sites (tertiary alicyclic amines) is 1. The SMILES string of the molecule is c1cnc(NC[C@H]2CCC[C@H]3CN(Cc4cccnc4)C[C@@H]23)nc1. The van der Waals surface area contributed by atoms with Gasteiger partial charge < -0.3 is 5.32 Å². The van der Waals surface area contributed by atoms with Crippen LogP contribution in [0.1, 0.15) is 24.8 Å². The van der Waals surface area contributed by atoms with E-state index in [9.17, 15) is 0 Å². The molecule has 5 heteroatoms. The number of pyridine rings is 1. The van der Waals surface area contributed by atoms with E-state index in [2.05, 4.69) is 31.2 Å². The molecular formula is C19H25N5. The Morgan fingerprint density at radius 3 is 2.83 bits per heavy atom. The molecule has 2 aromatic rings. The van der Waals surface area contributed by atoms with E-state index < -0.39 is 0 Å². The lowest BCUT2D eigenvalue weighted by Crippen LogP contribution is -2.32. The molecule has 0 aromatic carbocycles. The lowest BCUT2D eigenvalue weighted by atomic mass is 9.74. The third-order valence-electron chi connectivity index (χ3n) is 5.54. The zero-order valence-corrected chi connectivity index (χ0v) is 14.0. The summed E-state index contributed by atoms with van der Waals surface area (Å²) in [4.78, 5) is 15.4. The van der Waals surface area contributed by atoms with Crippen molar-refractivity contribution in [2.24, 2.45) is 17.8 Å². The second kappa shape index (κ2) is 7.26. The fourth-order valence-corrected chi connectivity index (χ4v) is 4.43. The summed E-state index contributed by atoms with van der Waals surface area (Å²) in [6.07, 6.45) is 11.5. The standard InChI is InChI=1S/C19H25N5/c1-5-16(11-23-19-21-8-3-9-22-19)18-14-24(13-17(18)6-1)12-15-4-2-7-20-10-15/h2-4,7-10,16-18H,1,5-6,11-14H2,(H,21,22,23)/t16-,17+,18+/m1/s1. The largest absolute Gasteiger partial charge is 0.354 e. The van der Waals surface area contributed by atoms with Crippen molar-refractivity contribution in [1.29, 1.82) is 0 Å². The Hall–Kier alpha value is -2.01. The van der Waals surface area contributed by atoms with Crippen LogP contribution in [-0.2, 0) is 6.54 Å². The zero-order chi connectivity index (χ0) is 16.2. The number of nitrogens with zero attached hydrogens (tertiary/aromatic N) is 4. The van der Waals surface area contributed by atoms with Gasteiger partial charge in [0.1, 0.15) is 0 Å². The highest BCUT2D eigenvalue weighted by atomic mass is 15.2. The molecule has 126 valence electrons. The lowest BCUT2D eigenvalue weighted by Gasteiger charge is -2.33. The molecule has 0 amide bonds. The monoisotopic (exact) mass is 323 g/mol. The molecule has 3 heterocycles. The fraction of sp³-hybridized carbons (Fsp3) is 0.526. The van der Waals surface area contributed by atoms with Crippen LogP contribution in [0.4, 0.5) is 5.95 Å². The normalized spacial score (nSPS) is 26.9. The summed E-state index contributed by atoms with van der Waals surface area (Å²) in [6, 6.07) is 6.07. The predicted molar refractivity (Wildman–Crippen MR) is 94.4 cm³/mol. The molecule has 1 N–H and O–H groups in total. The van der Waals surface area contributed by atoms with Gasteiger partial charge in [0.25, 0.3) is 0 Å². The maximum absolute atomic E-state index is 4.28. The van der Waals surface area contributed by atoms with Gasteiger partial charge in [-0.1, -0.05) is 12.5 Å². The molecule has 1 saturated carbocycles. The van der Waals surface area contributed by atoms with Crippen molar-refractivity contribution in [3.63, 3.8) is 0 Å². The maximum atomic E-state index is 4.28. The van der Waals surface area contributed by atoms with Crippen LogP contribution in [0, 0.1) is 17.8 Å². The van der Waals surface area contributed by atoms with Crippen LogP contribution in [0.2, 0.25) is 0 Å². The van der Waals surface area contributed by atoms with Crippen molar-refractivity contribution in [2.75, 3.05) is 25.0 Å². The molecule has 2 fully saturated rings. The third kappa shape index (κ3) is 3.56. The molecule has 1 aliphatic heterocycles. The van der Waals surface area contributed by atoms with Crippen molar-refractivity contribution >= 4 is 5.95 Å². The molecule has 3 atom stereocenters. The smallest absolute Gasteiger partial charge is 0.222 e. The Morgan fingerprint density at radius 2 is 2.00 bits per heavy atom. The minimum atomic E-state index is 0.728. The first-order valence-corrected chi connectivity index (χ1v) is 9.00. The molecule has 2 aliphatic rings. The number of aromatic nitrogens is 3. The van der Waals surface area contributed by atoms with Gasteiger partial charge in [-0.3, -0.25) is 9.88 Å². The summed E-state index contributed by atoms with van der Waals surface area (Å²) in [5.41, 5.74) is 1.32.